The number of hydrogen-bond donors (Lipinski definition) is 0. The zero-order valence-electron chi connectivity index (χ0n) is 16.1. The van der Waals surface area contributed by atoms with Crippen molar-refractivity contribution in [3.63, 3.8) is 0 Å². The maximum Gasteiger partial charge on any atom is -0.0167 e. The lowest BCUT2D eigenvalue weighted by Crippen LogP contribution is -2.78. The van der Waals surface area contributed by atoms with Gasteiger partial charge in [-0.15, -0.1) is 0 Å². The normalized spacial score (nSPS) is 61.1. The van der Waals surface area contributed by atoms with Crippen LogP contribution in [0.5, 0.6) is 0 Å². The Hall–Kier alpha value is 0. The summed E-state index contributed by atoms with van der Waals surface area (Å²) in [6.07, 6.45) is 8.91. The molecular formula is C22H38. The molecule has 0 heteroatoms. The van der Waals surface area contributed by atoms with E-state index in [1.165, 1.54) is 25.7 Å². The largest absolute Gasteiger partial charge is 0.0654 e. The van der Waals surface area contributed by atoms with Crippen LogP contribution in [0.3, 0.4) is 0 Å². The van der Waals surface area contributed by atoms with Crippen LogP contribution in [0.25, 0.3) is 0 Å². The fraction of sp³-hybridized carbons (Fsp3) is 1.00. The summed E-state index contributed by atoms with van der Waals surface area (Å²) in [4.78, 5) is 0. The van der Waals surface area contributed by atoms with Crippen molar-refractivity contribution in [2.75, 3.05) is 0 Å². The van der Waals surface area contributed by atoms with Gasteiger partial charge < -0.3 is 0 Å². The summed E-state index contributed by atoms with van der Waals surface area (Å²) >= 11 is 0. The molecule has 0 radical (unpaired) electrons. The molecule has 0 aromatic heterocycles. The van der Waals surface area contributed by atoms with Crippen LogP contribution in [0.4, 0.5) is 0 Å². The molecule has 22 heavy (non-hydrogen) atoms. The van der Waals surface area contributed by atoms with Gasteiger partial charge in [-0.25, -0.2) is 0 Å². The summed E-state index contributed by atoms with van der Waals surface area (Å²) in [7, 11) is 0. The van der Waals surface area contributed by atoms with Crippen LogP contribution in [-0.4, -0.2) is 0 Å². The fourth-order valence-corrected chi connectivity index (χ4v) is 10.1. The van der Waals surface area contributed by atoms with E-state index in [0.29, 0.717) is 16.2 Å². The van der Waals surface area contributed by atoms with E-state index in [1.54, 1.807) is 12.8 Å². The van der Waals surface area contributed by atoms with Crippen LogP contribution in [0, 0.1) is 51.2 Å². The molecule has 126 valence electrons. The van der Waals surface area contributed by atoms with Crippen molar-refractivity contribution in [2.45, 2.75) is 87.0 Å². The fourth-order valence-electron chi connectivity index (χ4n) is 10.1. The Balaban J connectivity index is 1.91. The van der Waals surface area contributed by atoms with E-state index in [1.807, 2.05) is 0 Å². The minimum Gasteiger partial charge on any atom is -0.0654 e. The molecule has 0 nitrogen and oxygen atoms in total. The molecule has 4 aliphatic rings. The van der Waals surface area contributed by atoms with E-state index >= 15 is 0 Å². The first-order valence-corrected chi connectivity index (χ1v) is 10.3. The van der Waals surface area contributed by atoms with Gasteiger partial charge in [0.2, 0.25) is 0 Å². The average molecular weight is 303 g/mol. The Morgan fingerprint density at radius 2 is 1.64 bits per heavy atom. The van der Waals surface area contributed by atoms with Gasteiger partial charge in [-0.3, -0.25) is 0 Å². The Labute approximate surface area is 138 Å². The molecule has 1 spiro atoms. The molecule has 0 amide bonds. The summed E-state index contributed by atoms with van der Waals surface area (Å²) < 4.78 is 0. The van der Waals surface area contributed by atoms with Crippen LogP contribution < -0.4 is 0 Å². The predicted octanol–water partition coefficient (Wildman–Crippen LogP) is 6.55. The summed E-state index contributed by atoms with van der Waals surface area (Å²) in [6, 6.07) is 0. The van der Waals surface area contributed by atoms with Crippen LogP contribution in [0.1, 0.15) is 87.0 Å². The van der Waals surface area contributed by atoms with Crippen molar-refractivity contribution in [1.29, 1.82) is 0 Å². The van der Waals surface area contributed by atoms with Crippen LogP contribution in [-0.2, 0) is 0 Å². The highest BCUT2D eigenvalue weighted by Gasteiger charge is 2.93. The summed E-state index contributed by atoms with van der Waals surface area (Å²) in [5.74, 6) is 5.10. The molecule has 8 unspecified atom stereocenters. The van der Waals surface area contributed by atoms with Crippen LogP contribution in [0.15, 0.2) is 0 Å². The molecule has 0 aliphatic heterocycles. The minimum atomic E-state index is 0.572. The SMILES string of the molecule is CCCC1C2CC3C(CC)C4(C)C23CC1(C(C)C)C4(C)CC. The van der Waals surface area contributed by atoms with E-state index < -0.39 is 0 Å². The van der Waals surface area contributed by atoms with Crippen molar-refractivity contribution in [3.05, 3.63) is 0 Å². The van der Waals surface area contributed by atoms with Gasteiger partial charge in [0.1, 0.15) is 0 Å². The van der Waals surface area contributed by atoms with E-state index in [4.69, 9.17) is 0 Å². The van der Waals surface area contributed by atoms with Crippen molar-refractivity contribution in [1.82, 2.24) is 0 Å². The molecule has 4 aliphatic carbocycles. The Morgan fingerprint density at radius 1 is 1.00 bits per heavy atom. The molecular weight excluding hydrogens is 264 g/mol. The number of hydrogen-bond acceptors (Lipinski definition) is 0. The van der Waals surface area contributed by atoms with Gasteiger partial charge in [0.05, 0.1) is 0 Å². The second-order valence-corrected chi connectivity index (χ2v) is 10.2. The van der Waals surface area contributed by atoms with Crippen molar-refractivity contribution < 1.29 is 0 Å². The predicted molar refractivity (Wildman–Crippen MR) is 94.6 cm³/mol. The first-order valence-electron chi connectivity index (χ1n) is 10.3. The van der Waals surface area contributed by atoms with Gasteiger partial charge in [-0.2, -0.15) is 0 Å². The molecule has 4 rings (SSSR count). The van der Waals surface area contributed by atoms with Gasteiger partial charge in [0.15, 0.2) is 0 Å². The van der Waals surface area contributed by atoms with Crippen LogP contribution >= 0.6 is 0 Å². The molecule has 2 bridgehead atoms. The first-order chi connectivity index (χ1) is 10.3. The second-order valence-electron chi connectivity index (χ2n) is 10.2. The smallest absolute Gasteiger partial charge is 0.0167 e. The molecule has 0 N–H and O–H groups in total. The molecule has 0 saturated heterocycles. The quantitative estimate of drug-likeness (QED) is 0.540. The third-order valence-corrected chi connectivity index (χ3v) is 10.7. The zero-order chi connectivity index (χ0) is 16.1. The number of rotatable bonds is 5. The average Bonchev–Trinajstić information content (AvgIpc) is 2.83. The van der Waals surface area contributed by atoms with Gasteiger partial charge in [0.25, 0.3) is 0 Å². The Bertz CT molecular complexity index is 492. The minimum absolute atomic E-state index is 0.572. The van der Waals surface area contributed by atoms with Gasteiger partial charge in [0, 0.05) is 0 Å². The molecule has 0 heterocycles. The lowest BCUT2D eigenvalue weighted by Gasteiger charge is -2.82. The monoisotopic (exact) mass is 302 g/mol. The second kappa shape index (κ2) is 4.15. The highest BCUT2D eigenvalue weighted by molar-refractivity contribution is 5.40. The Kier molecular flexibility index (Phi) is 2.93. The molecule has 4 fully saturated rings. The lowest BCUT2D eigenvalue weighted by atomic mass is 9.22. The van der Waals surface area contributed by atoms with Crippen molar-refractivity contribution in [2.24, 2.45) is 51.2 Å². The van der Waals surface area contributed by atoms with Gasteiger partial charge in [-0.05, 0) is 76.9 Å². The summed E-state index contributed by atoms with van der Waals surface area (Å²) in [5, 5.41) is 0. The summed E-state index contributed by atoms with van der Waals surface area (Å²) in [5.41, 5.74) is 2.62. The van der Waals surface area contributed by atoms with E-state index in [-0.39, 0.29) is 0 Å². The topological polar surface area (TPSA) is 0 Å². The van der Waals surface area contributed by atoms with Crippen molar-refractivity contribution in [3.8, 4) is 0 Å². The van der Waals surface area contributed by atoms with E-state index in [9.17, 15) is 0 Å². The van der Waals surface area contributed by atoms with E-state index in [2.05, 4.69) is 48.5 Å². The Morgan fingerprint density at radius 3 is 2.14 bits per heavy atom. The number of fused-ring (bicyclic) bond motifs is 1. The maximum atomic E-state index is 2.75. The highest BCUT2D eigenvalue weighted by Crippen LogP contribution is 2.98. The maximum absolute atomic E-state index is 2.75. The highest BCUT2D eigenvalue weighted by atomic mass is 15.0. The van der Waals surface area contributed by atoms with Gasteiger partial charge >= 0.3 is 0 Å². The lowest BCUT2D eigenvalue weighted by molar-refractivity contribution is -0.352. The standard InChI is InChI=1S/C22H38/c1-8-11-16-18-12-17-15(9-2)20(7)19(6,10-3)21(16,14(4)5)13-22(17,18)20/h14-18H,8-13H2,1-7H3. The van der Waals surface area contributed by atoms with E-state index in [0.717, 1.165) is 35.0 Å². The zero-order valence-corrected chi connectivity index (χ0v) is 16.1. The van der Waals surface area contributed by atoms with Crippen LogP contribution in [0.2, 0.25) is 0 Å². The first kappa shape index (κ1) is 15.5. The third kappa shape index (κ3) is 1.05. The molecule has 4 saturated carbocycles. The summed E-state index contributed by atoms with van der Waals surface area (Å²) in [6.45, 7) is 18.0. The third-order valence-electron chi connectivity index (χ3n) is 10.7. The van der Waals surface area contributed by atoms with Gasteiger partial charge in [-0.1, -0.05) is 61.3 Å². The molecule has 0 aromatic rings. The molecule has 0 aromatic carbocycles. The van der Waals surface area contributed by atoms with Crippen molar-refractivity contribution >= 4 is 0 Å². The molecule has 8 atom stereocenters.